The van der Waals surface area contributed by atoms with Crippen LogP contribution in [0, 0.1) is 0 Å². The van der Waals surface area contributed by atoms with E-state index in [-0.39, 0.29) is 24.2 Å². The number of morpholine rings is 1. The van der Waals surface area contributed by atoms with Crippen molar-refractivity contribution in [1.29, 1.82) is 0 Å². The largest absolute Gasteiger partial charge is 0.362 e. The van der Waals surface area contributed by atoms with Crippen LogP contribution in [0.2, 0.25) is 5.02 Å². The van der Waals surface area contributed by atoms with Gasteiger partial charge in [0.15, 0.2) is 0 Å². The molecule has 1 aliphatic heterocycles. The molecule has 0 spiro atoms. The molecule has 0 aromatic heterocycles. The number of ether oxygens (including phenoxy) is 1. The van der Waals surface area contributed by atoms with Gasteiger partial charge in [0.2, 0.25) is 5.91 Å². The van der Waals surface area contributed by atoms with Crippen molar-refractivity contribution in [2.75, 3.05) is 13.2 Å². The van der Waals surface area contributed by atoms with Crippen LogP contribution in [-0.4, -0.2) is 29.5 Å². The van der Waals surface area contributed by atoms with Gasteiger partial charge in [-0.1, -0.05) is 23.7 Å². The van der Waals surface area contributed by atoms with Gasteiger partial charge in [-0.2, -0.15) is 0 Å². The number of hydrogen-bond acceptors (Lipinski definition) is 2. The van der Waals surface area contributed by atoms with Gasteiger partial charge in [-0.3, -0.25) is 4.79 Å². The van der Waals surface area contributed by atoms with Crippen LogP contribution in [0.5, 0.6) is 0 Å². The zero-order valence-corrected chi connectivity index (χ0v) is 11.7. The molecule has 1 atom stereocenters. The van der Waals surface area contributed by atoms with Crippen molar-refractivity contribution in [3.8, 4) is 0 Å². The molecule has 1 amide bonds. The first kappa shape index (κ1) is 13.4. The van der Waals surface area contributed by atoms with Crippen molar-refractivity contribution in [1.82, 2.24) is 4.90 Å². The van der Waals surface area contributed by atoms with E-state index in [4.69, 9.17) is 16.3 Å². The molecule has 2 rings (SSSR count). The highest BCUT2D eigenvalue weighted by Gasteiger charge is 2.33. The molecule has 0 saturated carbocycles. The Morgan fingerprint density at radius 2 is 1.89 bits per heavy atom. The van der Waals surface area contributed by atoms with Crippen molar-refractivity contribution in [2.45, 2.75) is 32.4 Å². The summed E-state index contributed by atoms with van der Waals surface area (Å²) in [6.45, 7) is 6.84. The Labute approximate surface area is 113 Å². The minimum atomic E-state index is -0.175. The molecule has 98 valence electrons. The first-order valence-corrected chi connectivity index (χ1v) is 6.43. The molecule has 18 heavy (non-hydrogen) atoms. The van der Waals surface area contributed by atoms with Crippen molar-refractivity contribution in [2.24, 2.45) is 0 Å². The van der Waals surface area contributed by atoms with Gasteiger partial charge in [-0.15, -0.1) is 0 Å². The van der Waals surface area contributed by atoms with Crippen LogP contribution in [0.25, 0.3) is 0 Å². The first-order chi connectivity index (χ1) is 8.38. The van der Waals surface area contributed by atoms with Crippen molar-refractivity contribution >= 4 is 17.5 Å². The second-order valence-electron chi connectivity index (χ2n) is 5.53. The van der Waals surface area contributed by atoms with Gasteiger partial charge in [0, 0.05) is 10.6 Å². The number of rotatable bonds is 1. The normalized spacial score (nSPS) is 21.2. The molecule has 0 aliphatic carbocycles. The van der Waals surface area contributed by atoms with Crippen LogP contribution in [0.4, 0.5) is 0 Å². The van der Waals surface area contributed by atoms with E-state index in [1.807, 2.05) is 49.9 Å². The second kappa shape index (κ2) is 4.90. The SMILES string of the molecule is CC(C)(C)N1C[C@@H](c2ccc(Cl)cc2)OCC1=O. The molecule has 1 saturated heterocycles. The summed E-state index contributed by atoms with van der Waals surface area (Å²) in [5, 5.41) is 0.707. The van der Waals surface area contributed by atoms with Crippen LogP contribution in [-0.2, 0) is 9.53 Å². The quantitative estimate of drug-likeness (QED) is 0.783. The molecule has 0 radical (unpaired) electrons. The van der Waals surface area contributed by atoms with E-state index in [9.17, 15) is 4.79 Å². The maximum absolute atomic E-state index is 11.9. The summed E-state index contributed by atoms with van der Waals surface area (Å²) in [5.41, 5.74) is 0.882. The lowest BCUT2D eigenvalue weighted by Crippen LogP contribution is -2.52. The average molecular weight is 268 g/mol. The number of benzene rings is 1. The summed E-state index contributed by atoms with van der Waals surface area (Å²) in [6.07, 6.45) is -0.0702. The van der Waals surface area contributed by atoms with Gasteiger partial charge in [-0.25, -0.2) is 0 Å². The molecule has 4 heteroatoms. The maximum atomic E-state index is 11.9. The standard InChI is InChI=1S/C14H18ClNO2/c1-14(2,3)16-8-12(18-9-13(16)17)10-4-6-11(15)7-5-10/h4-7,12H,8-9H2,1-3H3/t12-/m0/s1. The van der Waals surface area contributed by atoms with E-state index >= 15 is 0 Å². The van der Waals surface area contributed by atoms with Crippen molar-refractivity contribution in [3.05, 3.63) is 34.9 Å². The Hall–Kier alpha value is -1.06. The van der Waals surface area contributed by atoms with Crippen LogP contribution >= 0.6 is 11.6 Å². The smallest absolute Gasteiger partial charge is 0.249 e. The lowest BCUT2D eigenvalue weighted by Gasteiger charge is -2.41. The lowest BCUT2D eigenvalue weighted by molar-refractivity contribution is -0.156. The number of carbonyl (C=O) groups excluding carboxylic acids is 1. The Bertz CT molecular complexity index is 436. The van der Waals surface area contributed by atoms with Gasteiger partial charge in [0.1, 0.15) is 12.7 Å². The topological polar surface area (TPSA) is 29.5 Å². The van der Waals surface area contributed by atoms with E-state index in [2.05, 4.69) is 0 Å². The molecule has 1 heterocycles. The van der Waals surface area contributed by atoms with Gasteiger partial charge >= 0.3 is 0 Å². The molecule has 3 nitrogen and oxygen atoms in total. The third-order valence-corrected chi connectivity index (χ3v) is 3.36. The Morgan fingerprint density at radius 1 is 1.28 bits per heavy atom. The highest BCUT2D eigenvalue weighted by molar-refractivity contribution is 6.30. The zero-order valence-electron chi connectivity index (χ0n) is 10.9. The fourth-order valence-electron chi connectivity index (χ4n) is 2.10. The van der Waals surface area contributed by atoms with E-state index in [1.165, 1.54) is 0 Å². The Balaban J connectivity index is 2.17. The minimum Gasteiger partial charge on any atom is -0.362 e. The highest BCUT2D eigenvalue weighted by atomic mass is 35.5. The van der Waals surface area contributed by atoms with Gasteiger partial charge in [-0.05, 0) is 38.5 Å². The van der Waals surface area contributed by atoms with E-state index in [0.717, 1.165) is 5.56 Å². The fourth-order valence-corrected chi connectivity index (χ4v) is 2.22. The molecular weight excluding hydrogens is 250 g/mol. The van der Waals surface area contributed by atoms with Crippen LogP contribution in [0.3, 0.4) is 0 Å². The second-order valence-corrected chi connectivity index (χ2v) is 5.96. The third kappa shape index (κ3) is 2.85. The number of hydrogen-bond donors (Lipinski definition) is 0. The molecule has 1 fully saturated rings. The van der Waals surface area contributed by atoms with Crippen molar-refractivity contribution < 1.29 is 9.53 Å². The van der Waals surface area contributed by atoms with Crippen molar-refractivity contribution in [3.63, 3.8) is 0 Å². The zero-order chi connectivity index (χ0) is 13.3. The molecule has 0 bridgehead atoms. The molecular formula is C14H18ClNO2. The number of carbonyl (C=O) groups is 1. The molecule has 1 aromatic carbocycles. The Kier molecular flexibility index (Phi) is 3.64. The summed E-state index contributed by atoms with van der Waals surface area (Å²) < 4.78 is 5.61. The van der Waals surface area contributed by atoms with Crippen LogP contribution in [0.1, 0.15) is 32.4 Å². The summed E-state index contributed by atoms with van der Waals surface area (Å²) >= 11 is 5.87. The summed E-state index contributed by atoms with van der Waals surface area (Å²) in [4.78, 5) is 13.7. The predicted octanol–water partition coefficient (Wildman–Crippen LogP) is 3.04. The number of amides is 1. The first-order valence-electron chi connectivity index (χ1n) is 6.05. The molecule has 1 aromatic rings. The summed E-state index contributed by atoms with van der Waals surface area (Å²) in [7, 11) is 0. The van der Waals surface area contributed by atoms with Crippen LogP contribution in [0.15, 0.2) is 24.3 Å². The number of nitrogens with zero attached hydrogens (tertiary/aromatic N) is 1. The van der Waals surface area contributed by atoms with Crippen LogP contribution < -0.4 is 0 Å². The van der Waals surface area contributed by atoms with E-state index < -0.39 is 0 Å². The third-order valence-electron chi connectivity index (χ3n) is 3.11. The van der Waals surface area contributed by atoms with Gasteiger partial charge in [0.05, 0.1) is 6.54 Å². The van der Waals surface area contributed by atoms with Gasteiger partial charge in [0.25, 0.3) is 0 Å². The molecule has 0 N–H and O–H groups in total. The minimum absolute atomic E-state index is 0.0488. The fraction of sp³-hybridized carbons (Fsp3) is 0.500. The van der Waals surface area contributed by atoms with Gasteiger partial charge < -0.3 is 9.64 Å². The molecule has 1 aliphatic rings. The lowest BCUT2D eigenvalue weighted by atomic mass is 10.0. The number of halogens is 1. The molecule has 0 unspecified atom stereocenters. The predicted molar refractivity (Wildman–Crippen MR) is 71.6 cm³/mol. The summed E-state index contributed by atoms with van der Waals surface area (Å²) in [6, 6.07) is 7.59. The van der Waals surface area contributed by atoms with E-state index in [1.54, 1.807) is 0 Å². The summed E-state index contributed by atoms with van der Waals surface area (Å²) in [5.74, 6) is 0.0488. The maximum Gasteiger partial charge on any atom is 0.249 e. The highest BCUT2D eigenvalue weighted by Crippen LogP contribution is 2.27. The average Bonchev–Trinajstić information content (AvgIpc) is 2.29. The Morgan fingerprint density at radius 3 is 2.44 bits per heavy atom. The van der Waals surface area contributed by atoms with E-state index in [0.29, 0.717) is 11.6 Å². The monoisotopic (exact) mass is 267 g/mol.